The van der Waals surface area contributed by atoms with Crippen molar-refractivity contribution in [2.45, 2.75) is 20.3 Å². The van der Waals surface area contributed by atoms with Crippen LogP contribution in [0.25, 0.3) is 0 Å². The van der Waals surface area contributed by atoms with Crippen LogP contribution < -0.4 is 9.64 Å². The fourth-order valence-corrected chi connectivity index (χ4v) is 2.69. The summed E-state index contributed by atoms with van der Waals surface area (Å²) in [6.07, 6.45) is 0.918. The molecule has 0 aliphatic carbocycles. The molecule has 0 bridgehead atoms. The smallest absolute Gasteiger partial charge is 0.142 e. The highest BCUT2D eigenvalue weighted by atomic mass is 16.5. The molecule has 0 aromatic heterocycles. The van der Waals surface area contributed by atoms with Crippen molar-refractivity contribution < 1.29 is 4.74 Å². The zero-order chi connectivity index (χ0) is 13.2. The monoisotopic (exact) mass is 244 g/mol. The van der Waals surface area contributed by atoms with E-state index in [1.807, 2.05) is 18.2 Å². The highest BCUT2D eigenvalue weighted by molar-refractivity contribution is 5.58. The molecule has 0 N–H and O–H groups in total. The van der Waals surface area contributed by atoms with E-state index in [1.165, 1.54) is 0 Å². The van der Waals surface area contributed by atoms with Crippen LogP contribution in [0.5, 0.6) is 5.75 Å². The Morgan fingerprint density at radius 2 is 2.11 bits per heavy atom. The van der Waals surface area contributed by atoms with E-state index in [-0.39, 0.29) is 11.3 Å². The third-order valence-corrected chi connectivity index (χ3v) is 3.81. The molecule has 96 valence electrons. The van der Waals surface area contributed by atoms with Crippen molar-refractivity contribution in [3.05, 3.63) is 24.3 Å². The minimum Gasteiger partial charge on any atom is -0.495 e. The number of benzene rings is 1. The van der Waals surface area contributed by atoms with Crippen LogP contribution in [-0.4, -0.2) is 20.2 Å². The highest BCUT2D eigenvalue weighted by Gasteiger charge is 2.36. The van der Waals surface area contributed by atoms with Gasteiger partial charge in [0.1, 0.15) is 5.75 Å². The van der Waals surface area contributed by atoms with E-state index < -0.39 is 0 Å². The number of nitrogens with zero attached hydrogens (tertiary/aromatic N) is 2. The summed E-state index contributed by atoms with van der Waals surface area (Å²) in [6.45, 7) is 6.15. The molecule has 0 radical (unpaired) electrons. The van der Waals surface area contributed by atoms with Crippen molar-refractivity contribution in [1.82, 2.24) is 0 Å². The third kappa shape index (κ3) is 2.28. The van der Waals surface area contributed by atoms with Gasteiger partial charge >= 0.3 is 0 Å². The summed E-state index contributed by atoms with van der Waals surface area (Å²) >= 11 is 0. The Hall–Kier alpha value is -1.69. The van der Waals surface area contributed by atoms with Crippen molar-refractivity contribution in [1.29, 1.82) is 5.26 Å². The molecule has 1 saturated heterocycles. The SMILES string of the molecule is COc1ccccc1N1CCC(C#N)C(C)(C)C1. The Morgan fingerprint density at radius 3 is 2.72 bits per heavy atom. The molecule has 0 spiro atoms. The molecule has 1 atom stereocenters. The predicted molar refractivity (Wildman–Crippen MR) is 72.7 cm³/mol. The summed E-state index contributed by atoms with van der Waals surface area (Å²) in [5.41, 5.74) is 1.15. The molecule has 2 rings (SSSR count). The van der Waals surface area contributed by atoms with Crippen LogP contribution in [0.3, 0.4) is 0 Å². The number of methoxy groups -OCH3 is 1. The number of ether oxygens (including phenoxy) is 1. The molecule has 1 fully saturated rings. The van der Waals surface area contributed by atoms with Gasteiger partial charge in [0.2, 0.25) is 0 Å². The lowest BCUT2D eigenvalue weighted by molar-refractivity contribution is 0.225. The second kappa shape index (κ2) is 4.89. The van der Waals surface area contributed by atoms with Gasteiger partial charge in [-0.05, 0) is 24.0 Å². The summed E-state index contributed by atoms with van der Waals surface area (Å²) in [4.78, 5) is 2.33. The molecule has 1 aromatic rings. The van der Waals surface area contributed by atoms with Crippen LogP contribution in [0, 0.1) is 22.7 Å². The van der Waals surface area contributed by atoms with Gasteiger partial charge in [-0.3, -0.25) is 0 Å². The van der Waals surface area contributed by atoms with Crippen LogP contribution in [0.2, 0.25) is 0 Å². The Morgan fingerprint density at radius 1 is 1.39 bits per heavy atom. The topological polar surface area (TPSA) is 36.3 Å². The number of hydrogen-bond acceptors (Lipinski definition) is 3. The molecule has 1 aliphatic heterocycles. The van der Waals surface area contributed by atoms with Gasteiger partial charge in [0.15, 0.2) is 0 Å². The van der Waals surface area contributed by atoms with E-state index in [0.717, 1.165) is 30.9 Å². The first-order valence-corrected chi connectivity index (χ1v) is 6.36. The Kier molecular flexibility index (Phi) is 3.47. The van der Waals surface area contributed by atoms with Crippen LogP contribution in [0.15, 0.2) is 24.3 Å². The second-order valence-corrected chi connectivity index (χ2v) is 5.55. The maximum absolute atomic E-state index is 9.19. The molecule has 1 heterocycles. The van der Waals surface area contributed by atoms with E-state index in [9.17, 15) is 5.26 Å². The minimum atomic E-state index is 0.0217. The molecule has 1 aromatic carbocycles. The minimum absolute atomic E-state index is 0.0217. The van der Waals surface area contributed by atoms with Gasteiger partial charge in [-0.1, -0.05) is 26.0 Å². The average molecular weight is 244 g/mol. The number of hydrogen-bond donors (Lipinski definition) is 0. The van der Waals surface area contributed by atoms with E-state index in [0.29, 0.717) is 0 Å². The predicted octanol–water partition coefficient (Wildman–Crippen LogP) is 3.07. The van der Waals surface area contributed by atoms with Crippen molar-refractivity contribution in [3.63, 3.8) is 0 Å². The molecule has 3 heteroatoms. The fourth-order valence-electron chi connectivity index (χ4n) is 2.69. The zero-order valence-electron chi connectivity index (χ0n) is 11.3. The van der Waals surface area contributed by atoms with Crippen LogP contribution in [-0.2, 0) is 0 Å². The molecule has 18 heavy (non-hydrogen) atoms. The van der Waals surface area contributed by atoms with Gasteiger partial charge in [0.25, 0.3) is 0 Å². The highest BCUT2D eigenvalue weighted by Crippen LogP contribution is 2.38. The fraction of sp³-hybridized carbons (Fsp3) is 0.533. The Bertz CT molecular complexity index is 462. The van der Waals surface area contributed by atoms with Gasteiger partial charge in [-0.15, -0.1) is 0 Å². The van der Waals surface area contributed by atoms with Crippen molar-refractivity contribution >= 4 is 5.69 Å². The van der Waals surface area contributed by atoms with E-state index >= 15 is 0 Å². The zero-order valence-corrected chi connectivity index (χ0v) is 11.3. The van der Waals surface area contributed by atoms with Crippen molar-refractivity contribution in [2.24, 2.45) is 11.3 Å². The summed E-state index contributed by atoms with van der Waals surface area (Å²) < 4.78 is 5.41. The lowest BCUT2D eigenvalue weighted by Crippen LogP contribution is -2.45. The maximum Gasteiger partial charge on any atom is 0.142 e. The van der Waals surface area contributed by atoms with Crippen molar-refractivity contribution in [3.8, 4) is 11.8 Å². The normalized spacial score (nSPS) is 22.3. The average Bonchev–Trinajstić information content (AvgIpc) is 2.37. The maximum atomic E-state index is 9.19. The number of piperidine rings is 1. The van der Waals surface area contributed by atoms with Crippen LogP contribution in [0.1, 0.15) is 20.3 Å². The third-order valence-electron chi connectivity index (χ3n) is 3.81. The van der Waals surface area contributed by atoms with Crippen LogP contribution >= 0.6 is 0 Å². The first kappa shape index (κ1) is 12.8. The van der Waals surface area contributed by atoms with Gasteiger partial charge in [-0.25, -0.2) is 0 Å². The summed E-state index contributed by atoms with van der Waals surface area (Å²) in [5, 5.41) is 9.19. The number of para-hydroxylation sites is 2. The van der Waals surface area contributed by atoms with E-state index in [2.05, 4.69) is 30.9 Å². The Labute approximate surface area is 109 Å². The van der Waals surface area contributed by atoms with E-state index in [1.54, 1.807) is 7.11 Å². The van der Waals surface area contributed by atoms with Gasteiger partial charge in [0, 0.05) is 13.1 Å². The molecule has 1 aliphatic rings. The molecular weight excluding hydrogens is 224 g/mol. The first-order chi connectivity index (χ1) is 8.58. The lowest BCUT2D eigenvalue weighted by atomic mass is 9.74. The lowest BCUT2D eigenvalue weighted by Gasteiger charge is -2.42. The molecule has 3 nitrogen and oxygen atoms in total. The number of nitriles is 1. The van der Waals surface area contributed by atoms with Gasteiger partial charge in [-0.2, -0.15) is 5.26 Å². The molecule has 0 saturated carbocycles. The van der Waals surface area contributed by atoms with Crippen LogP contribution in [0.4, 0.5) is 5.69 Å². The first-order valence-electron chi connectivity index (χ1n) is 6.36. The summed E-state index contributed by atoms with van der Waals surface area (Å²) in [6, 6.07) is 10.5. The van der Waals surface area contributed by atoms with Gasteiger partial charge < -0.3 is 9.64 Å². The largest absolute Gasteiger partial charge is 0.495 e. The van der Waals surface area contributed by atoms with E-state index in [4.69, 9.17) is 4.74 Å². The second-order valence-electron chi connectivity index (χ2n) is 5.55. The quantitative estimate of drug-likeness (QED) is 0.802. The van der Waals surface area contributed by atoms with Gasteiger partial charge in [0.05, 0.1) is 24.8 Å². The van der Waals surface area contributed by atoms with Crippen molar-refractivity contribution in [2.75, 3.05) is 25.1 Å². The summed E-state index contributed by atoms with van der Waals surface area (Å²) in [7, 11) is 1.70. The number of rotatable bonds is 2. The standard InChI is InChI=1S/C15H20N2O/c1-15(2)11-17(9-8-12(15)10-16)13-6-4-5-7-14(13)18-3/h4-7,12H,8-9,11H2,1-3H3. The molecular formula is C15H20N2O. The number of anilines is 1. The summed E-state index contributed by atoms with van der Waals surface area (Å²) in [5.74, 6) is 1.05. The Balaban J connectivity index is 2.24. The molecule has 1 unspecified atom stereocenters. The molecule has 0 amide bonds.